The highest BCUT2D eigenvalue weighted by molar-refractivity contribution is 5.88. The monoisotopic (exact) mass is 796 g/mol. The fraction of sp³-hybridized carbons (Fsp3) is 0.424. The summed E-state index contributed by atoms with van der Waals surface area (Å²) < 4.78 is 0. The predicted molar refractivity (Wildman–Crippen MR) is 261 cm³/mol. The van der Waals surface area contributed by atoms with Gasteiger partial charge in [0.05, 0.1) is 0 Å². The van der Waals surface area contributed by atoms with Crippen molar-refractivity contribution >= 4 is 16.9 Å². The zero-order chi connectivity index (χ0) is 43.0. The van der Waals surface area contributed by atoms with E-state index >= 15 is 0 Å². The fourth-order valence-electron chi connectivity index (χ4n) is 11.4. The molecule has 0 amide bonds. The first-order valence-corrected chi connectivity index (χ1v) is 23.3. The van der Waals surface area contributed by atoms with Crippen molar-refractivity contribution in [2.75, 3.05) is 4.90 Å². The number of hydrogen-bond acceptors (Lipinski definition) is 1. The van der Waals surface area contributed by atoms with E-state index in [2.05, 4.69) is 215 Å². The second-order valence-electron chi connectivity index (χ2n) is 19.8. The van der Waals surface area contributed by atoms with E-state index in [1.54, 1.807) is 11.1 Å². The minimum Gasteiger partial charge on any atom is -0.335 e. The molecule has 5 aromatic rings. The molecule has 6 unspecified atom stereocenters. The van der Waals surface area contributed by atoms with E-state index < -0.39 is 0 Å². The molecule has 1 nitrogen and oxygen atoms in total. The highest BCUT2D eigenvalue weighted by atomic mass is 15.2. The Balaban J connectivity index is 1.24. The Bertz CT molecular complexity index is 2260. The topological polar surface area (TPSA) is 3.24 Å². The van der Waals surface area contributed by atoms with Crippen LogP contribution >= 0.6 is 0 Å². The lowest BCUT2D eigenvalue weighted by Gasteiger charge is -2.49. The van der Waals surface area contributed by atoms with E-state index in [1.807, 2.05) is 0 Å². The Hall–Kier alpha value is -4.62. The van der Waals surface area contributed by atoms with Crippen molar-refractivity contribution in [1.82, 2.24) is 0 Å². The highest BCUT2D eigenvalue weighted by Gasteiger charge is 2.50. The third kappa shape index (κ3) is 7.99. The largest absolute Gasteiger partial charge is 0.335 e. The summed E-state index contributed by atoms with van der Waals surface area (Å²) in [6.07, 6.45) is 11.6. The predicted octanol–water partition coefficient (Wildman–Crippen LogP) is 16.3. The van der Waals surface area contributed by atoms with E-state index in [1.165, 1.54) is 61.5 Å². The molecule has 2 aliphatic carbocycles. The van der Waals surface area contributed by atoms with Gasteiger partial charge in [-0.25, -0.2) is 0 Å². The molecule has 6 atom stereocenters. The SMILES string of the molecule is CCC(C)(CC(C)C(Cc1ccc(C)cc1)c1ccc(C)cc1)c1ccc2c(c1)C(CC)(C(C)C)C1=C2C=CC(C(C)(CC)N(c2ccc(C)cc2)c2ccc(C)cc2)C1. The minimum absolute atomic E-state index is 0.00692. The number of nitrogens with zero attached hydrogens (tertiary/aromatic N) is 1. The van der Waals surface area contributed by atoms with E-state index in [0.717, 1.165) is 38.5 Å². The van der Waals surface area contributed by atoms with Gasteiger partial charge in [-0.3, -0.25) is 0 Å². The number of aryl methyl sites for hydroxylation is 4. The summed E-state index contributed by atoms with van der Waals surface area (Å²) in [6.45, 7) is 28.6. The van der Waals surface area contributed by atoms with Gasteiger partial charge in [-0.1, -0.05) is 179 Å². The third-order valence-corrected chi connectivity index (χ3v) is 15.7. The molecule has 0 saturated carbocycles. The fourth-order valence-corrected chi connectivity index (χ4v) is 11.4. The molecule has 0 heterocycles. The number of rotatable bonds is 15. The maximum Gasteiger partial charge on any atom is 0.0486 e. The number of allylic oxidation sites excluding steroid dienone is 3. The Kier molecular flexibility index (Phi) is 12.6. The van der Waals surface area contributed by atoms with Crippen molar-refractivity contribution < 1.29 is 0 Å². The average Bonchev–Trinajstić information content (AvgIpc) is 3.54. The lowest BCUT2D eigenvalue weighted by Crippen LogP contribution is -2.50. The first kappa shape index (κ1) is 43.5. The molecule has 314 valence electrons. The lowest BCUT2D eigenvalue weighted by atomic mass is 9.62. The van der Waals surface area contributed by atoms with E-state index in [4.69, 9.17) is 0 Å². The molecule has 0 aromatic heterocycles. The van der Waals surface area contributed by atoms with Gasteiger partial charge in [-0.05, 0) is 154 Å². The van der Waals surface area contributed by atoms with Crippen LogP contribution < -0.4 is 4.90 Å². The van der Waals surface area contributed by atoms with Crippen LogP contribution in [0.15, 0.2) is 133 Å². The second-order valence-corrected chi connectivity index (χ2v) is 19.8. The first-order valence-electron chi connectivity index (χ1n) is 23.3. The number of fused-ring (bicyclic) bond motifs is 2. The molecule has 0 bridgehead atoms. The molecule has 5 aromatic carbocycles. The Morgan fingerprint density at radius 1 is 0.667 bits per heavy atom. The Morgan fingerprint density at radius 3 is 1.70 bits per heavy atom. The van der Waals surface area contributed by atoms with E-state index in [0.29, 0.717) is 23.7 Å². The van der Waals surface area contributed by atoms with Gasteiger partial charge in [0.15, 0.2) is 0 Å². The van der Waals surface area contributed by atoms with Gasteiger partial charge < -0.3 is 4.90 Å². The molecule has 1 heteroatoms. The van der Waals surface area contributed by atoms with Gasteiger partial charge in [0, 0.05) is 28.2 Å². The third-order valence-electron chi connectivity index (χ3n) is 15.7. The minimum atomic E-state index is -0.139. The first-order chi connectivity index (χ1) is 28.7. The van der Waals surface area contributed by atoms with Crippen molar-refractivity contribution in [1.29, 1.82) is 0 Å². The Labute approximate surface area is 365 Å². The summed E-state index contributed by atoms with van der Waals surface area (Å²) in [5, 5.41) is 0. The quantitative estimate of drug-likeness (QED) is 0.102. The number of benzene rings is 5. The number of hydrogen-bond donors (Lipinski definition) is 0. The highest BCUT2D eigenvalue weighted by Crippen LogP contribution is 2.59. The van der Waals surface area contributed by atoms with Gasteiger partial charge in [-0.2, -0.15) is 0 Å². The molecule has 0 radical (unpaired) electrons. The summed E-state index contributed by atoms with van der Waals surface area (Å²) in [6, 6.07) is 44.8. The van der Waals surface area contributed by atoms with Crippen LogP contribution in [0.3, 0.4) is 0 Å². The molecule has 60 heavy (non-hydrogen) atoms. The molecule has 0 fully saturated rings. The van der Waals surface area contributed by atoms with E-state index in [9.17, 15) is 0 Å². The molecule has 7 rings (SSSR count). The summed E-state index contributed by atoms with van der Waals surface area (Å²) in [7, 11) is 0. The van der Waals surface area contributed by atoms with Gasteiger partial charge >= 0.3 is 0 Å². The maximum absolute atomic E-state index is 2.70. The van der Waals surface area contributed by atoms with Crippen LogP contribution in [0, 0.1) is 45.4 Å². The van der Waals surface area contributed by atoms with Crippen LogP contribution in [0.2, 0.25) is 0 Å². The normalized spacial score (nSPS) is 20.3. The molecular weight excluding hydrogens is 723 g/mol. The standard InChI is InChI=1S/C59H73N/c1-13-57(11,39-45(10)54(47-26-18-42(7)19-27-47)36-46-24-16-41(6)17-25-46)48-28-34-52-53-35-29-49(38-56(53)59(15-3,40(4)5)55(52)37-48)58(12,14-2)60(50-30-20-43(8)21-31-50)51-32-22-44(9)23-33-51/h16-35,37,40,45,49,54H,13-15,36,38-39H2,1-12H3. The Morgan fingerprint density at radius 2 is 1.20 bits per heavy atom. The van der Waals surface area contributed by atoms with Crippen LogP contribution in [0.25, 0.3) is 5.57 Å². The second kappa shape index (κ2) is 17.4. The zero-order valence-corrected chi connectivity index (χ0v) is 39.1. The van der Waals surface area contributed by atoms with Crippen LogP contribution in [-0.4, -0.2) is 5.54 Å². The van der Waals surface area contributed by atoms with Crippen molar-refractivity contribution in [3.8, 4) is 0 Å². The van der Waals surface area contributed by atoms with Crippen molar-refractivity contribution in [3.63, 3.8) is 0 Å². The smallest absolute Gasteiger partial charge is 0.0486 e. The summed E-state index contributed by atoms with van der Waals surface area (Å²) in [5.74, 6) is 1.76. The summed E-state index contributed by atoms with van der Waals surface area (Å²) in [5.41, 5.74) is 18.3. The number of anilines is 2. The molecule has 0 spiro atoms. The van der Waals surface area contributed by atoms with Crippen LogP contribution in [0.1, 0.15) is 143 Å². The van der Waals surface area contributed by atoms with Gasteiger partial charge in [0.2, 0.25) is 0 Å². The van der Waals surface area contributed by atoms with Crippen molar-refractivity contribution in [2.24, 2.45) is 17.8 Å². The van der Waals surface area contributed by atoms with Crippen molar-refractivity contribution in [2.45, 2.75) is 144 Å². The zero-order valence-electron chi connectivity index (χ0n) is 39.1. The van der Waals surface area contributed by atoms with Crippen LogP contribution in [0.4, 0.5) is 11.4 Å². The van der Waals surface area contributed by atoms with Gasteiger partial charge in [-0.15, -0.1) is 0 Å². The lowest BCUT2D eigenvalue weighted by molar-refractivity contribution is 0.290. The van der Waals surface area contributed by atoms with E-state index in [-0.39, 0.29) is 16.4 Å². The molecule has 0 saturated heterocycles. The molecule has 2 aliphatic rings. The van der Waals surface area contributed by atoms with Crippen LogP contribution in [-0.2, 0) is 17.3 Å². The molecule has 0 N–H and O–H groups in total. The van der Waals surface area contributed by atoms with Crippen molar-refractivity contribution in [3.05, 3.63) is 183 Å². The average molecular weight is 796 g/mol. The van der Waals surface area contributed by atoms with Crippen LogP contribution in [0.5, 0.6) is 0 Å². The molecule has 0 aliphatic heterocycles. The molecular formula is C59H73N. The van der Waals surface area contributed by atoms with Gasteiger partial charge in [0.1, 0.15) is 0 Å². The maximum atomic E-state index is 2.70. The summed E-state index contributed by atoms with van der Waals surface area (Å²) in [4.78, 5) is 2.66. The summed E-state index contributed by atoms with van der Waals surface area (Å²) >= 11 is 0. The van der Waals surface area contributed by atoms with Gasteiger partial charge in [0.25, 0.3) is 0 Å².